The van der Waals surface area contributed by atoms with Crippen LogP contribution in [0.4, 0.5) is 5.69 Å². The molecular weight excluding hydrogens is 264 g/mol. The number of hydrogen-bond acceptors (Lipinski definition) is 4. The Labute approximate surface area is 128 Å². The first-order valence-electron chi connectivity index (χ1n) is 7.47. The molecule has 1 aromatic rings. The maximum Gasteiger partial charge on any atom is 0.269 e. The maximum absolute atomic E-state index is 12.1. The summed E-state index contributed by atoms with van der Waals surface area (Å²) in [5, 5.41) is 6.20. The first-order valence-corrected chi connectivity index (χ1v) is 7.47. The molecule has 5 nitrogen and oxygen atoms in total. The van der Waals surface area contributed by atoms with Crippen LogP contribution in [0.1, 0.15) is 37.7 Å². The van der Waals surface area contributed by atoms with Crippen molar-refractivity contribution in [2.75, 3.05) is 39.0 Å². The van der Waals surface area contributed by atoms with E-state index in [9.17, 15) is 4.79 Å². The number of anilines is 1. The van der Waals surface area contributed by atoms with E-state index in [1.807, 2.05) is 20.2 Å². The molecule has 0 bridgehead atoms. The minimum atomic E-state index is -0.121. The van der Waals surface area contributed by atoms with Crippen molar-refractivity contribution in [2.45, 2.75) is 27.2 Å². The zero-order valence-corrected chi connectivity index (χ0v) is 13.9. The third-order valence-corrected chi connectivity index (χ3v) is 3.05. The third kappa shape index (κ3) is 6.58. The Morgan fingerprint density at radius 3 is 2.57 bits per heavy atom. The van der Waals surface area contributed by atoms with Gasteiger partial charge in [0, 0.05) is 19.6 Å². The van der Waals surface area contributed by atoms with Crippen molar-refractivity contribution >= 4 is 11.6 Å². The predicted octanol–water partition coefficient (Wildman–Crippen LogP) is 2.22. The topological polar surface area (TPSA) is 57.3 Å². The Balaban J connectivity index is 2.52. The van der Waals surface area contributed by atoms with Crippen LogP contribution in [0.3, 0.4) is 0 Å². The monoisotopic (exact) mass is 292 g/mol. The van der Waals surface area contributed by atoms with Crippen LogP contribution in [0, 0.1) is 5.41 Å². The molecule has 0 saturated heterocycles. The molecule has 0 fully saturated rings. The van der Waals surface area contributed by atoms with E-state index >= 15 is 0 Å². The van der Waals surface area contributed by atoms with Crippen molar-refractivity contribution in [2.24, 2.45) is 5.41 Å². The number of rotatable bonds is 8. The Morgan fingerprint density at radius 2 is 2.05 bits per heavy atom. The number of carbonyl (C=O) groups excluding carboxylic acids is 1. The second-order valence-corrected chi connectivity index (χ2v) is 6.44. The van der Waals surface area contributed by atoms with E-state index in [1.54, 1.807) is 12.3 Å². The van der Waals surface area contributed by atoms with Gasteiger partial charge in [-0.15, -0.1) is 0 Å². The van der Waals surface area contributed by atoms with Crippen LogP contribution in [0.25, 0.3) is 0 Å². The predicted molar refractivity (Wildman–Crippen MR) is 87.7 cm³/mol. The van der Waals surface area contributed by atoms with Gasteiger partial charge in [0.2, 0.25) is 0 Å². The summed E-state index contributed by atoms with van der Waals surface area (Å²) in [6.07, 6.45) is 2.76. The van der Waals surface area contributed by atoms with Crippen molar-refractivity contribution < 1.29 is 4.79 Å². The first-order chi connectivity index (χ1) is 9.84. The van der Waals surface area contributed by atoms with Crippen molar-refractivity contribution in [3.63, 3.8) is 0 Å². The summed E-state index contributed by atoms with van der Waals surface area (Å²) in [6, 6.07) is 3.65. The number of amides is 1. The lowest BCUT2D eigenvalue weighted by molar-refractivity contribution is 0.0924. The standard InChI is InChI=1S/C16H28N4O/c1-6-9-17-13-7-8-14(18-10-13)15(21)19-11-16(2,3)12-20(4)5/h7-8,10,17H,6,9,11-12H2,1-5H3,(H,19,21). The fourth-order valence-corrected chi connectivity index (χ4v) is 2.22. The summed E-state index contributed by atoms with van der Waals surface area (Å²) in [5.41, 5.74) is 1.43. The van der Waals surface area contributed by atoms with Crippen molar-refractivity contribution in [1.82, 2.24) is 15.2 Å². The SMILES string of the molecule is CCCNc1ccc(C(=O)NCC(C)(C)CN(C)C)nc1. The van der Waals surface area contributed by atoms with Gasteiger partial charge in [-0.05, 0) is 38.1 Å². The fraction of sp³-hybridized carbons (Fsp3) is 0.625. The Bertz CT molecular complexity index is 440. The van der Waals surface area contributed by atoms with Gasteiger partial charge in [-0.3, -0.25) is 4.79 Å². The van der Waals surface area contributed by atoms with Gasteiger partial charge in [-0.2, -0.15) is 0 Å². The maximum atomic E-state index is 12.1. The van der Waals surface area contributed by atoms with Crippen LogP contribution in [0.5, 0.6) is 0 Å². The van der Waals surface area contributed by atoms with Crippen molar-refractivity contribution in [3.05, 3.63) is 24.0 Å². The van der Waals surface area contributed by atoms with E-state index in [1.165, 1.54) is 0 Å². The number of carbonyl (C=O) groups is 1. The highest BCUT2D eigenvalue weighted by Gasteiger charge is 2.20. The molecule has 0 unspecified atom stereocenters. The molecule has 0 aliphatic carbocycles. The first kappa shape index (κ1) is 17.4. The molecule has 0 atom stereocenters. The lowest BCUT2D eigenvalue weighted by atomic mass is 9.93. The Morgan fingerprint density at radius 1 is 1.33 bits per heavy atom. The highest BCUT2D eigenvalue weighted by atomic mass is 16.1. The highest BCUT2D eigenvalue weighted by molar-refractivity contribution is 5.92. The summed E-state index contributed by atoms with van der Waals surface area (Å²) >= 11 is 0. The average molecular weight is 292 g/mol. The number of nitrogens with one attached hydrogen (secondary N) is 2. The molecule has 0 spiro atoms. The smallest absolute Gasteiger partial charge is 0.269 e. The molecule has 1 rings (SSSR count). The van der Waals surface area contributed by atoms with E-state index in [0.717, 1.165) is 25.2 Å². The van der Waals surface area contributed by atoms with Gasteiger partial charge in [0.25, 0.3) is 5.91 Å². The van der Waals surface area contributed by atoms with E-state index in [4.69, 9.17) is 0 Å². The zero-order chi connectivity index (χ0) is 15.9. The minimum Gasteiger partial charge on any atom is -0.384 e. The summed E-state index contributed by atoms with van der Waals surface area (Å²) in [5.74, 6) is -0.121. The van der Waals surface area contributed by atoms with Crippen LogP contribution >= 0.6 is 0 Å². The summed E-state index contributed by atoms with van der Waals surface area (Å²) in [4.78, 5) is 18.4. The second-order valence-electron chi connectivity index (χ2n) is 6.44. The molecule has 0 aliphatic rings. The summed E-state index contributed by atoms with van der Waals surface area (Å²) in [7, 11) is 4.07. The van der Waals surface area contributed by atoms with Gasteiger partial charge in [0.1, 0.15) is 5.69 Å². The second kappa shape index (κ2) is 7.98. The lowest BCUT2D eigenvalue weighted by Crippen LogP contribution is -2.40. The number of nitrogens with zero attached hydrogens (tertiary/aromatic N) is 2. The molecule has 0 aliphatic heterocycles. The average Bonchev–Trinajstić information content (AvgIpc) is 2.42. The number of hydrogen-bond donors (Lipinski definition) is 2. The van der Waals surface area contributed by atoms with E-state index in [2.05, 4.69) is 41.3 Å². The minimum absolute atomic E-state index is 0.0295. The van der Waals surface area contributed by atoms with Crippen molar-refractivity contribution in [1.29, 1.82) is 0 Å². The molecule has 2 N–H and O–H groups in total. The Hall–Kier alpha value is -1.62. The number of pyridine rings is 1. The largest absolute Gasteiger partial charge is 0.384 e. The quantitative estimate of drug-likeness (QED) is 0.771. The van der Waals surface area contributed by atoms with Gasteiger partial charge in [-0.1, -0.05) is 20.8 Å². The van der Waals surface area contributed by atoms with E-state index < -0.39 is 0 Å². The third-order valence-electron chi connectivity index (χ3n) is 3.05. The molecule has 0 saturated carbocycles. The summed E-state index contributed by atoms with van der Waals surface area (Å²) in [6.45, 7) is 8.84. The molecule has 21 heavy (non-hydrogen) atoms. The molecule has 0 radical (unpaired) electrons. The molecule has 1 amide bonds. The van der Waals surface area contributed by atoms with Crippen LogP contribution in [0.15, 0.2) is 18.3 Å². The van der Waals surface area contributed by atoms with Gasteiger partial charge in [-0.25, -0.2) is 4.98 Å². The van der Waals surface area contributed by atoms with Crippen LogP contribution in [-0.4, -0.2) is 49.5 Å². The highest BCUT2D eigenvalue weighted by Crippen LogP contribution is 2.14. The fourth-order valence-electron chi connectivity index (χ4n) is 2.22. The van der Waals surface area contributed by atoms with Gasteiger partial charge < -0.3 is 15.5 Å². The number of aromatic nitrogens is 1. The normalized spacial score (nSPS) is 11.5. The van der Waals surface area contributed by atoms with E-state index in [-0.39, 0.29) is 11.3 Å². The van der Waals surface area contributed by atoms with E-state index in [0.29, 0.717) is 12.2 Å². The van der Waals surface area contributed by atoms with Crippen LogP contribution in [-0.2, 0) is 0 Å². The molecule has 118 valence electrons. The van der Waals surface area contributed by atoms with Gasteiger partial charge >= 0.3 is 0 Å². The molecule has 0 aromatic carbocycles. The van der Waals surface area contributed by atoms with Crippen LogP contribution in [0.2, 0.25) is 0 Å². The van der Waals surface area contributed by atoms with Gasteiger partial charge in [0.05, 0.1) is 11.9 Å². The van der Waals surface area contributed by atoms with Crippen LogP contribution < -0.4 is 10.6 Å². The Kier molecular flexibility index (Phi) is 6.62. The molecule has 1 heterocycles. The molecule has 1 aromatic heterocycles. The lowest BCUT2D eigenvalue weighted by Gasteiger charge is -2.28. The van der Waals surface area contributed by atoms with Crippen molar-refractivity contribution in [3.8, 4) is 0 Å². The van der Waals surface area contributed by atoms with Gasteiger partial charge in [0.15, 0.2) is 0 Å². The molecular formula is C16H28N4O. The summed E-state index contributed by atoms with van der Waals surface area (Å²) < 4.78 is 0. The zero-order valence-electron chi connectivity index (χ0n) is 13.9. The molecule has 5 heteroatoms.